The fourth-order valence-corrected chi connectivity index (χ4v) is 4.46. The van der Waals surface area contributed by atoms with E-state index in [1.165, 1.54) is 18.2 Å². The Morgan fingerprint density at radius 1 is 1.00 bits per heavy atom. The van der Waals surface area contributed by atoms with E-state index in [9.17, 15) is 19.4 Å². The van der Waals surface area contributed by atoms with Crippen LogP contribution in [0.2, 0.25) is 5.02 Å². The number of rotatable bonds is 3. The third-order valence-corrected chi connectivity index (χ3v) is 5.98. The standard InChI is InChI=1S/C25H18ClFN2O3/c1-2-13-9-15(26)4-8-21(13)29(25(31)32)22-10-14-3-6-17-19-11-16(27)5-7-20(19)28-24(17)18(14)12-23(22)30/h3-12,28,30H,2H2,1H3,(H,31,32). The Kier molecular flexibility index (Phi) is 4.68. The van der Waals surface area contributed by atoms with Gasteiger partial charge >= 0.3 is 6.09 Å². The van der Waals surface area contributed by atoms with E-state index in [0.29, 0.717) is 22.5 Å². The van der Waals surface area contributed by atoms with Crippen molar-refractivity contribution in [2.45, 2.75) is 13.3 Å². The van der Waals surface area contributed by atoms with E-state index in [2.05, 4.69) is 4.98 Å². The van der Waals surface area contributed by atoms with Gasteiger partial charge in [-0.2, -0.15) is 0 Å². The minimum Gasteiger partial charge on any atom is -0.506 e. The lowest BCUT2D eigenvalue weighted by molar-refractivity contribution is 0.204. The van der Waals surface area contributed by atoms with Gasteiger partial charge in [-0.15, -0.1) is 0 Å². The van der Waals surface area contributed by atoms with Crippen LogP contribution in [0.3, 0.4) is 0 Å². The average molecular weight is 449 g/mol. The van der Waals surface area contributed by atoms with Crippen LogP contribution in [0.15, 0.2) is 60.7 Å². The quantitative estimate of drug-likeness (QED) is 0.270. The maximum atomic E-state index is 13.8. The van der Waals surface area contributed by atoms with Crippen LogP contribution < -0.4 is 4.90 Å². The third kappa shape index (κ3) is 3.11. The molecule has 32 heavy (non-hydrogen) atoms. The van der Waals surface area contributed by atoms with E-state index in [1.54, 1.807) is 30.3 Å². The van der Waals surface area contributed by atoms with Crippen molar-refractivity contribution in [3.05, 3.63) is 77.1 Å². The summed E-state index contributed by atoms with van der Waals surface area (Å²) in [6.07, 6.45) is -0.654. The lowest BCUT2D eigenvalue weighted by atomic mass is 10.0. The molecule has 1 amide bonds. The molecular weight excluding hydrogens is 431 g/mol. The molecule has 0 radical (unpaired) electrons. The number of hydrogen-bond acceptors (Lipinski definition) is 2. The number of phenols is 1. The highest BCUT2D eigenvalue weighted by Crippen LogP contribution is 2.41. The summed E-state index contributed by atoms with van der Waals surface area (Å²) >= 11 is 6.09. The van der Waals surface area contributed by atoms with Crippen molar-refractivity contribution >= 4 is 61.6 Å². The maximum absolute atomic E-state index is 13.8. The molecule has 0 aliphatic carbocycles. The number of anilines is 2. The molecule has 4 aromatic carbocycles. The van der Waals surface area contributed by atoms with Crippen molar-refractivity contribution in [1.82, 2.24) is 4.98 Å². The monoisotopic (exact) mass is 448 g/mol. The van der Waals surface area contributed by atoms with Gasteiger partial charge in [-0.1, -0.05) is 30.7 Å². The minimum atomic E-state index is -1.22. The number of aromatic amines is 1. The van der Waals surface area contributed by atoms with E-state index < -0.39 is 6.09 Å². The number of amides is 1. The number of nitrogens with one attached hydrogen (secondary N) is 1. The first-order valence-corrected chi connectivity index (χ1v) is 10.4. The molecule has 1 aromatic heterocycles. The van der Waals surface area contributed by atoms with Gasteiger partial charge in [0.1, 0.15) is 11.6 Å². The van der Waals surface area contributed by atoms with Crippen molar-refractivity contribution in [2.75, 3.05) is 4.90 Å². The predicted octanol–water partition coefficient (Wildman–Crippen LogP) is 7.35. The van der Waals surface area contributed by atoms with Gasteiger partial charge in [0.25, 0.3) is 0 Å². The Hall–Kier alpha value is -3.77. The summed E-state index contributed by atoms with van der Waals surface area (Å²) in [6.45, 7) is 1.91. The van der Waals surface area contributed by atoms with Gasteiger partial charge in [0.05, 0.1) is 16.9 Å². The Balaban J connectivity index is 1.75. The molecule has 5 aromatic rings. The normalized spacial score (nSPS) is 11.5. The first-order valence-electron chi connectivity index (χ1n) is 10.1. The zero-order valence-electron chi connectivity index (χ0n) is 17.0. The molecule has 0 atom stereocenters. The lowest BCUT2D eigenvalue weighted by Crippen LogP contribution is -2.24. The lowest BCUT2D eigenvalue weighted by Gasteiger charge is -2.23. The average Bonchev–Trinajstić information content (AvgIpc) is 3.13. The number of H-pyrrole nitrogens is 1. The molecule has 0 saturated carbocycles. The van der Waals surface area contributed by atoms with E-state index in [4.69, 9.17) is 11.6 Å². The molecule has 0 aliphatic rings. The Morgan fingerprint density at radius 2 is 1.81 bits per heavy atom. The topological polar surface area (TPSA) is 76.6 Å². The van der Waals surface area contributed by atoms with Gasteiger partial charge in [-0.3, -0.25) is 0 Å². The Bertz CT molecular complexity index is 1540. The number of halogens is 2. The zero-order valence-corrected chi connectivity index (χ0v) is 17.7. The second kappa shape index (κ2) is 7.43. The summed E-state index contributed by atoms with van der Waals surface area (Å²) in [6, 6.07) is 16.4. The number of nitrogens with zero attached hydrogens (tertiary/aromatic N) is 1. The van der Waals surface area contributed by atoms with E-state index >= 15 is 0 Å². The number of aromatic nitrogens is 1. The summed E-state index contributed by atoms with van der Waals surface area (Å²) in [4.78, 5) is 16.6. The van der Waals surface area contributed by atoms with Gasteiger partial charge in [0, 0.05) is 26.7 Å². The van der Waals surface area contributed by atoms with Crippen molar-refractivity contribution in [2.24, 2.45) is 0 Å². The Labute approximate surface area is 187 Å². The molecule has 0 aliphatic heterocycles. The molecular formula is C25H18ClFN2O3. The fraction of sp³-hybridized carbons (Fsp3) is 0.0800. The highest BCUT2D eigenvalue weighted by Gasteiger charge is 2.24. The van der Waals surface area contributed by atoms with E-state index in [-0.39, 0.29) is 17.3 Å². The SMILES string of the molecule is CCc1cc(Cl)ccc1N(C(=O)O)c1cc2ccc3c4cc(F)ccc4[nH]c3c2cc1O. The van der Waals surface area contributed by atoms with Gasteiger partial charge in [-0.25, -0.2) is 14.1 Å². The summed E-state index contributed by atoms with van der Waals surface area (Å²) in [5, 5.41) is 24.4. The predicted molar refractivity (Wildman–Crippen MR) is 126 cm³/mol. The van der Waals surface area contributed by atoms with Gasteiger partial charge in [-0.05, 0) is 65.9 Å². The van der Waals surface area contributed by atoms with Crippen LogP contribution in [0.4, 0.5) is 20.6 Å². The zero-order chi connectivity index (χ0) is 22.6. The van der Waals surface area contributed by atoms with Crippen LogP contribution >= 0.6 is 11.6 Å². The third-order valence-electron chi connectivity index (χ3n) is 5.74. The number of phenolic OH excluding ortho intramolecular Hbond substituents is 1. The second-order valence-corrected chi connectivity index (χ2v) is 8.05. The molecule has 160 valence electrons. The number of carbonyl (C=O) groups is 1. The largest absolute Gasteiger partial charge is 0.506 e. The highest BCUT2D eigenvalue weighted by molar-refractivity contribution is 6.30. The van der Waals surface area contributed by atoms with E-state index in [0.717, 1.165) is 37.7 Å². The number of benzene rings is 4. The molecule has 0 fully saturated rings. The number of hydrogen-bond donors (Lipinski definition) is 3. The summed E-state index contributed by atoms with van der Waals surface area (Å²) in [7, 11) is 0. The summed E-state index contributed by atoms with van der Waals surface area (Å²) < 4.78 is 13.8. The van der Waals surface area contributed by atoms with Crippen molar-refractivity contribution in [3.63, 3.8) is 0 Å². The first kappa shape index (κ1) is 20.2. The maximum Gasteiger partial charge on any atom is 0.416 e. The van der Waals surface area contributed by atoms with Crippen LogP contribution in [0.1, 0.15) is 12.5 Å². The first-order chi connectivity index (χ1) is 15.4. The number of aryl methyl sites for hydroxylation is 1. The van der Waals surface area contributed by atoms with Crippen LogP contribution in [0, 0.1) is 5.82 Å². The van der Waals surface area contributed by atoms with Crippen LogP contribution in [0.25, 0.3) is 32.6 Å². The van der Waals surface area contributed by atoms with Crippen LogP contribution in [0.5, 0.6) is 5.75 Å². The van der Waals surface area contributed by atoms with Crippen molar-refractivity contribution in [1.29, 1.82) is 0 Å². The molecule has 5 rings (SSSR count). The van der Waals surface area contributed by atoms with Gasteiger partial charge in [0.2, 0.25) is 0 Å². The second-order valence-electron chi connectivity index (χ2n) is 7.61. The molecule has 5 nitrogen and oxygen atoms in total. The number of aromatic hydroxyl groups is 1. The number of carboxylic acid groups (broad SMARTS) is 1. The molecule has 3 N–H and O–H groups in total. The van der Waals surface area contributed by atoms with Gasteiger partial charge in [0.15, 0.2) is 0 Å². The Morgan fingerprint density at radius 3 is 2.56 bits per heavy atom. The van der Waals surface area contributed by atoms with E-state index in [1.807, 2.05) is 19.1 Å². The van der Waals surface area contributed by atoms with Crippen molar-refractivity contribution in [3.8, 4) is 5.75 Å². The molecule has 0 bridgehead atoms. The smallest absolute Gasteiger partial charge is 0.416 e. The number of fused-ring (bicyclic) bond motifs is 5. The molecule has 0 spiro atoms. The molecule has 7 heteroatoms. The highest BCUT2D eigenvalue weighted by atomic mass is 35.5. The van der Waals surface area contributed by atoms with Gasteiger partial charge < -0.3 is 15.2 Å². The molecule has 0 unspecified atom stereocenters. The fourth-order valence-electron chi connectivity index (χ4n) is 4.26. The molecule has 0 saturated heterocycles. The van der Waals surface area contributed by atoms with Crippen molar-refractivity contribution < 1.29 is 19.4 Å². The minimum absolute atomic E-state index is 0.142. The summed E-state index contributed by atoms with van der Waals surface area (Å²) in [5.74, 6) is -0.516. The van der Waals surface area contributed by atoms with Crippen LogP contribution in [-0.2, 0) is 6.42 Å². The molecule has 1 heterocycles. The van der Waals surface area contributed by atoms with Crippen LogP contribution in [-0.4, -0.2) is 21.3 Å². The summed E-state index contributed by atoms with van der Waals surface area (Å²) in [5.41, 5.74) is 2.84.